The number of aryl methyl sites for hydroxylation is 3. The van der Waals surface area contributed by atoms with Gasteiger partial charge < -0.3 is 10.1 Å². The highest BCUT2D eigenvalue weighted by atomic mass is 32.2. The molecule has 0 unspecified atom stereocenters. The number of benzene rings is 3. The molecular formula is C24H25FN2O4S. The minimum absolute atomic E-state index is 0.0336. The van der Waals surface area contributed by atoms with E-state index in [0.717, 1.165) is 21.0 Å². The van der Waals surface area contributed by atoms with Crippen LogP contribution in [-0.2, 0) is 14.8 Å². The van der Waals surface area contributed by atoms with Gasteiger partial charge in [-0.2, -0.15) is 0 Å². The second kappa shape index (κ2) is 9.40. The number of nitrogens with one attached hydrogen (secondary N) is 1. The Morgan fingerprint density at radius 3 is 2.16 bits per heavy atom. The minimum Gasteiger partial charge on any atom is -0.495 e. The number of methoxy groups -OCH3 is 1. The molecule has 0 aromatic heterocycles. The second-order valence-electron chi connectivity index (χ2n) is 7.57. The quantitative estimate of drug-likeness (QED) is 0.564. The fraction of sp³-hybridized carbons (Fsp3) is 0.208. The Kier molecular flexibility index (Phi) is 6.84. The fourth-order valence-electron chi connectivity index (χ4n) is 3.38. The molecule has 0 atom stereocenters. The molecule has 6 nitrogen and oxygen atoms in total. The van der Waals surface area contributed by atoms with E-state index >= 15 is 0 Å². The van der Waals surface area contributed by atoms with Gasteiger partial charge in [0.25, 0.3) is 10.0 Å². The molecule has 1 amide bonds. The summed E-state index contributed by atoms with van der Waals surface area (Å²) in [6.45, 7) is 5.01. The van der Waals surface area contributed by atoms with E-state index in [2.05, 4.69) is 5.32 Å². The number of rotatable bonds is 7. The van der Waals surface area contributed by atoms with E-state index in [4.69, 9.17) is 4.74 Å². The Balaban J connectivity index is 2.05. The summed E-state index contributed by atoms with van der Waals surface area (Å²) in [5.74, 6) is -0.816. The van der Waals surface area contributed by atoms with E-state index in [1.807, 2.05) is 19.9 Å². The number of ether oxygens (including phenoxy) is 1. The lowest BCUT2D eigenvalue weighted by molar-refractivity contribution is -0.114. The van der Waals surface area contributed by atoms with Crippen LogP contribution in [0.1, 0.15) is 16.7 Å². The molecule has 0 aliphatic rings. The van der Waals surface area contributed by atoms with E-state index in [9.17, 15) is 17.6 Å². The first-order chi connectivity index (χ1) is 15.1. The lowest BCUT2D eigenvalue weighted by atomic mass is 10.1. The number of carbonyl (C=O) groups excluding carboxylic acids is 1. The van der Waals surface area contributed by atoms with Gasteiger partial charge in [0.05, 0.1) is 12.8 Å². The number of hydrogen-bond acceptors (Lipinski definition) is 4. The third kappa shape index (κ3) is 5.26. The maximum absolute atomic E-state index is 13.7. The Labute approximate surface area is 187 Å². The van der Waals surface area contributed by atoms with Crippen LogP contribution in [0.4, 0.5) is 15.8 Å². The van der Waals surface area contributed by atoms with Gasteiger partial charge >= 0.3 is 0 Å². The first-order valence-electron chi connectivity index (χ1n) is 9.91. The van der Waals surface area contributed by atoms with Crippen LogP contribution in [0.15, 0.2) is 65.6 Å². The molecule has 0 radical (unpaired) electrons. The zero-order valence-electron chi connectivity index (χ0n) is 18.3. The van der Waals surface area contributed by atoms with Crippen LogP contribution in [0, 0.1) is 26.6 Å². The van der Waals surface area contributed by atoms with E-state index in [-0.39, 0.29) is 10.6 Å². The van der Waals surface area contributed by atoms with Crippen molar-refractivity contribution in [2.75, 3.05) is 23.3 Å². The second-order valence-corrected chi connectivity index (χ2v) is 9.40. The molecule has 0 aliphatic heterocycles. The predicted octanol–water partition coefficient (Wildman–Crippen LogP) is 4.59. The van der Waals surface area contributed by atoms with Crippen molar-refractivity contribution < 1.29 is 22.3 Å². The lowest BCUT2D eigenvalue weighted by Gasteiger charge is -2.26. The van der Waals surface area contributed by atoms with E-state index in [1.165, 1.54) is 37.4 Å². The summed E-state index contributed by atoms with van der Waals surface area (Å²) < 4.78 is 47.0. The summed E-state index contributed by atoms with van der Waals surface area (Å²) in [5.41, 5.74) is 3.17. The monoisotopic (exact) mass is 456 g/mol. The molecule has 0 aliphatic carbocycles. The molecule has 0 bridgehead atoms. The molecule has 3 aromatic carbocycles. The maximum Gasteiger partial charge on any atom is 0.268 e. The van der Waals surface area contributed by atoms with E-state index in [1.54, 1.807) is 31.2 Å². The van der Waals surface area contributed by atoms with Crippen molar-refractivity contribution in [3.63, 3.8) is 0 Å². The van der Waals surface area contributed by atoms with Gasteiger partial charge in [0.1, 0.15) is 23.0 Å². The standard InChI is InChI=1S/C24H25FN2O4S/c1-16-5-10-22(31-4)23(14-16)32(29,30)27(21-12-17(2)11-18(3)13-21)15-24(28)26-20-8-6-19(25)7-9-20/h5-14H,15H2,1-4H3,(H,26,28). The SMILES string of the molecule is COc1ccc(C)cc1S(=O)(=O)N(CC(=O)Nc1ccc(F)cc1)c1cc(C)cc(C)c1. The molecule has 3 aromatic rings. The molecule has 0 spiro atoms. The van der Waals surface area contributed by atoms with Crippen LogP contribution < -0.4 is 14.4 Å². The van der Waals surface area contributed by atoms with Gasteiger partial charge in [0, 0.05) is 5.69 Å². The predicted molar refractivity (Wildman–Crippen MR) is 123 cm³/mol. The molecule has 0 saturated heterocycles. The fourth-order valence-corrected chi connectivity index (χ4v) is 5.03. The van der Waals surface area contributed by atoms with Crippen LogP contribution in [0.5, 0.6) is 5.75 Å². The van der Waals surface area contributed by atoms with Gasteiger partial charge in [0.2, 0.25) is 5.91 Å². The van der Waals surface area contributed by atoms with Crippen molar-refractivity contribution >= 4 is 27.3 Å². The van der Waals surface area contributed by atoms with E-state index < -0.39 is 28.3 Å². The third-order valence-corrected chi connectivity index (χ3v) is 6.59. The van der Waals surface area contributed by atoms with Crippen LogP contribution in [-0.4, -0.2) is 28.0 Å². The largest absolute Gasteiger partial charge is 0.495 e. The van der Waals surface area contributed by atoms with Crippen LogP contribution in [0.25, 0.3) is 0 Å². The molecule has 0 fully saturated rings. The van der Waals surface area contributed by atoms with Gasteiger partial charge in [0.15, 0.2) is 0 Å². The Bertz CT molecular complexity index is 1220. The highest BCUT2D eigenvalue weighted by Crippen LogP contribution is 2.31. The minimum atomic E-state index is -4.16. The number of amides is 1. The molecule has 168 valence electrons. The smallest absolute Gasteiger partial charge is 0.268 e. The summed E-state index contributed by atoms with van der Waals surface area (Å²) in [6, 6.07) is 15.4. The lowest BCUT2D eigenvalue weighted by Crippen LogP contribution is -2.38. The zero-order valence-corrected chi connectivity index (χ0v) is 19.2. The zero-order chi connectivity index (χ0) is 23.5. The molecule has 32 heavy (non-hydrogen) atoms. The van der Waals surface area contributed by atoms with Crippen molar-refractivity contribution in [3.05, 3.63) is 83.2 Å². The number of anilines is 2. The van der Waals surface area contributed by atoms with E-state index in [0.29, 0.717) is 11.4 Å². The van der Waals surface area contributed by atoms with Crippen molar-refractivity contribution in [3.8, 4) is 5.75 Å². The first-order valence-corrected chi connectivity index (χ1v) is 11.4. The summed E-state index contributed by atoms with van der Waals surface area (Å²) in [7, 11) is -2.76. The van der Waals surface area contributed by atoms with Gasteiger partial charge in [-0.05, 0) is 86.0 Å². The summed E-state index contributed by atoms with van der Waals surface area (Å²) >= 11 is 0. The van der Waals surface area contributed by atoms with Crippen molar-refractivity contribution in [1.29, 1.82) is 0 Å². The Morgan fingerprint density at radius 1 is 0.938 bits per heavy atom. The number of sulfonamides is 1. The molecular weight excluding hydrogens is 431 g/mol. The Hall–Kier alpha value is -3.39. The van der Waals surface area contributed by atoms with Crippen LogP contribution in [0.3, 0.4) is 0 Å². The molecule has 1 N–H and O–H groups in total. The number of nitrogens with zero attached hydrogens (tertiary/aromatic N) is 1. The van der Waals surface area contributed by atoms with Crippen molar-refractivity contribution in [1.82, 2.24) is 0 Å². The first kappa shape index (κ1) is 23.3. The summed E-state index contributed by atoms with van der Waals surface area (Å²) in [5, 5.41) is 2.62. The van der Waals surface area contributed by atoms with Gasteiger partial charge in [-0.25, -0.2) is 12.8 Å². The van der Waals surface area contributed by atoms with Gasteiger partial charge in [-0.3, -0.25) is 9.10 Å². The number of carbonyl (C=O) groups is 1. The molecule has 0 saturated carbocycles. The van der Waals surface area contributed by atoms with Gasteiger partial charge in [-0.1, -0.05) is 12.1 Å². The van der Waals surface area contributed by atoms with Crippen molar-refractivity contribution in [2.24, 2.45) is 0 Å². The highest BCUT2D eigenvalue weighted by molar-refractivity contribution is 7.93. The molecule has 3 rings (SSSR count). The topological polar surface area (TPSA) is 75.7 Å². The average Bonchev–Trinajstić information content (AvgIpc) is 2.73. The highest BCUT2D eigenvalue weighted by Gasteiger charge is 2.30. The average molecular weight is 457 g/mol. The van der Waals surface area contributed by atoms with Crippen LogP contribution >= 0.6 is 0 Å². The molecule has 0 heterocycles. The van der Waals surface area contributed by atoms with Crippen LogP contribution in [0.2, 0.25) is 0 Å². The Morgan fingerprint density at radius 2 is 1.56 bits per heavy atom. The van der Waals surface area contributed by atoms with Crippen molar-refractivity contribution in [2.45, 2.75) is 25.7 Å². The third-order valence-electron chi connectivity index (χ3n) is 4.80. The number of halogens is 1. The maximum atomic E-state index is 13.7. The normalized spacial score (nSPS) is 11.2. The molecule has 8 heteroatoms. The summed E-state index contributed by atoms with van der Waals surface area (Å²) in [6.07, 6.45) is 0. The summed E-state index contributed by atoms with van der Waals surface area (Å²) in [4.78, 5) is 12.8. The number of hydrogen-bond donors (Lipinski definition) is 1. The van der Waals surface area contributed by atoms with Gasteiger partial charge in [-0.15, -0.1) is 0 Å².